The molecule has 5 nitrogen and oxygen atoms in total. The van der Waals surface area contributed by atoms with E-state index in [1.54, 1.807) is 24.3 Å². The van der Waals surface area contributed by atoms with Crippen LogP contribution in [-0.2, 0) is 0 Å². The Kier molecular flexibility index (Phi) is 7.53. The lowest BCUT2D eigenvalue weighted by molar-refractivity contribution is 0.0930. The highest BCUT2D eigenvalue weighted by Gasteiger charge is 2.26. The molecule has 1 saturated heterocycles. The van der Waals surface area contributed by atoms with Gasteiger partial charge in [0, 0.05) is 68.8 Å². The molecule has 33 heavy (non-hydrogen) atoms. The van der Waals surface area contributed by atoms with Crippen molar-refractivity contribution in [2.45, 2.75) is 6.04 Å². The van der Waals surface area contributed by atoms with Crippen LogP contribution in [0.1, 0.15) is 22.0 Å². The standard InChI is InChI=1S/C27H31ClN4O/c1-30(2)24-13-11-21(12-14-24)26(20-29-27(33)22-7-6-8-23(28)19-22)32-17-15-31(16-18-32)25-9-4-3-5-10-25/h3-14,19,26H,15-18,20H2,1-2H3,(H,29,33)/t26-/m1/s1. The first-order valence-corrected chi connectivity index (χ1v) is 11.7. The summed E-state index contributed by atoms with van der Waals surface area (Å²) in [6.07, 6.45) is 0. The second-order valence-corrected chi connectivity index (χ2v) is 9.02. The number of amides is 1. The van der Waals surface area contributed by atoms with Gasteiger partial charge in [0.05, 0.1) is 6.04 Å². The van der Waals surface area contributed by atoms with Gasteiger partial charge in [-0.15, -0.1) is 0 Å². The van der Waals surface area contributed by atoms with Gasteiger partial charge in [0.1, 0.15) is 0 Å². The second-order valence-electron chi connectivity index (χ2n) is 8.58. The van der Waals surface area contributed by atoms with Gasteiger partial charge in [0.15, 0.2) is 0 Å². The quantitative estimate of drug-likeness (QED) is 0.552. The lowest BCUT2D eigenvalue weighted by Gasteiger charge is -2.40. The summed E-state index contributed by atoms with van der Waals surface area (Å²) >= 11 is 6.08. The molecule has 172 valence electrons. The summed E-state index contributed by atoms with van der Waals surface area (Å²) in [5.74, 6) is -0.102. The zero-order valence-corrected chi connectivity index (χ0v) is 20.0. The number of halogens is 1. The van der Waals surface area contributed by atoms with E-state index in [1.165, 1.54) is 11.3 Å². The summed E-state index contributed by atoms with van der Waals surface area (Å²) in [6.45, 7) is 4.32. The minimum absolute atomic E-state index is 0.0993. The van der Waals surface area contributed by atoms with Gasteiger partial charge in [-0.1, -0.05) is 48.0 Å². The van der Waals surface area contributed by atoms with Gasteiger partial charge < -0.3 is 15.1 Å². The number of carbonyl (C=O) groups excluding carboxylic acids is 1. The number of anilines is 2. The molecule has 0 aromatic heterocycles. The monoisotopic (exact) mass is 462 g/mol. The Morgan fingerprint density at radius 1 is 0.939 bits per heavy atom. The SMILES string of the molecule is CN(C)c1ccc([C@@H](CNC(=O)c2cccc(Cl)c2)N2CCN(c3ccccc3)CC2)cc1. The summed E-state index contributed by atoms with van der Waals surface area (Å²) in [5.41, 5.74) is 4.21. The number of piperazine rings is 1. The van der Waals surface area contributed by atoms with Gasteiger partial charge in [-0.25, -0.2) is 0 Å². The lowest BCUT2D eigenvalue weighted by atomic mass is 10.0. The van der Waals surface area contributed by atoms with Gasteiger partial charge in [0.2, 0.25) is 0 Å². The molecule has 0 unspecified atom stereocenters. The van der Waals surface area contributed by atoms with Crippen molar-refractivity contribution in [3.63, 3.8) is 0 Å². The fourth-order valence-electron chi connectivity index (χ4n) is 4.30. The summed E-state index contributed by atoms with van der Waals surface area (Å²) in [5, 5.41) is 3.70. The Morgan fingerprint density at radius 2 is 1.64 bits per heavy atom. The number of benzene rings is 3. The molecular weight excluding hydrogens is 432 g/mol. The molecule has 1 fully saturated rings. The van der Waals surface area contributed by atoms with Gasteiger partial charge in [-0.3, -0.25) is 9.69 Å². The highest BCUT2D eigenvalue weighted by molar-refractivity contribution is 6.30. The van der Waals surface area contributed by atoms with Gasteiger partial charge in [-0.05, 0) is 48.0 Å². The first-order chi connectivity index (χ1) is 16.0. The fourth-order valence-corrected chi connectivity index (χ4v) is 4.49. The van der Waals surface area contributed by atoms with Crippen molar-refractivity contribution in [3.8, 4) is 0 Å². The molecule has 6 heteroatoms. The predicted octanol–water partition coefficient (Wildman–Crippen LogP) is 4.70. The lowest BCUT2D eigenvalue weighted by Crippen LogP contribution is -2.50. The largest absolute Gasteiger partial charge is 0.378 e. The van der Waals surface area contributed by atoms with E-state index >= 15 is 0 Å². The van der Waals surface area contributed by atoms with E-state index in [0.717, 1.165) is 31.9 Å². The molecule has 3 aromatic carbocycles. The van der Waals surface area contributed by atoms with Crippen LogP contribution in [0.25, 0.3) is 0 Å². The summed E-state index contributed by atoms with van der Waals surface area (Å²) in [6, 6.07) is 26.4. The molecule has 3 aromatic rings. The predicted molar refractivity (Wildman–Crippen MR) is 138 cm³/mol. The van der Waals surface area contributed by atoms with E-state index in [2.05, 4.69) is 74.6 Å². The molecule has 1 heterocycles. The van der Waals surface area contributed by atoms with E-state index in [1.807, 2.05) is 14.1 Å². The highest BCUT2D eigenvalue weighted by Crippen LogP contribution is 2.26. The third kappa shape index (κ3) is 5.86. The number of carbonyl (C=O) groups is 1. The van der Waals surface area contributed by atoms with Crippen LogP contribution in [0.4, 0.5) is 11.4 Å². The fraction of sp³-hybridized carbons (Fsp3) is 0.296. The molecule has 0 aliphatic carbocycles. The van der Waals surface area contributed by atoms with Crippen LogP contribution in [0.2, 0.25) is 5.02 Å². The minimum Gasteiger partial charge on any atom is -0.378 e. The van der Waals surface area contributed by atoms with Gasteiger partial charge in [0.25, 0.3) is 5.91 Å². The highest BCUT2D eigenvalue weighted by atomic mass is 35.5. The average molecular weight is 463 g/mol. The van der Waals surface area contributed by atoms with Crippen LogP contribution >= 0.6 is 11.6 Å². The zero-order valence-electron chi connectivity index (χ0n) is 19.2. The van der Waals surface area contributed by atoms with Crippen LogP contribution in [0.5, 0.6) is 0 Å². The molecule has 1 aliphatic rings. The summed E-state index contributed by atoms with van der Waals surface area (Å²) in [4.78, 5) is 19.8. The smallest absolute Gasteiger partial charge is 0.251 e. The van der Waals surface area contributed by atoms with E-state index in [0.29, 0.717) is 17.1 Å². The molecule has 1 aliphatic heterocycles. The van der Waals surface area contributed by atoms with Crippen molar-refractivity contribution in [3.05, 3.63) is 95.0 Å². The Labute approximate surface area is 201 Å². The van der Waals surface area contributed by atoms with E-state index in [4.69, 9.17) is 11.6 Å². The maximum absolute atomic E-state index is 12.8. The van der Waals surface area contributed by atoms with E-state index < -0.39 is 0 Å². The Balaban J connectivity index is 1.48. The molecule has 0 saturated carbocycles. The van der Waals surface area contributed by atoms with Crippen molar-refractivity contribution in [1.29, 1.82) is 0 Å². The van der Waals surface area contributed by atoms with E-state index in [9.17, 15) is 4.79 Å². The number of hydrogen-bond acceptors (Lipinski definition) is 4. The van der Waals surface area contributed by atoms with Crippen LogP contribution in [0.15, 0.2) is 78.9 Å². The van der Waals surface area contributed by atoms with Crippen molar-refractivity contribution < 1.29 is 4.79 Å². The maximum atomic E-state index is 12.8. The third-order valence-electron chi connectivity index (χ3n) is 6.21. The first kappa shape index (κ1) is 23.1. The topological polar surface area (TPSA) is 38.8 Å². The molecule has 1 atom stereocenters. The molecule has 4 rings (SSSR count). The Bertz CT molecular complexity index is 1050. The summed E-state index contributed by atoms with van der Waals surface area (Å²) < 4.78 is 0. The maximum Gasteiger partial charge on any atom is 0.251 e. The number of para-hydroxylation sites is 1. The first-order valence-electron chi connectivity index (χ1n) is 11.4. The van der Waals surface area contributed by atoms with Crippen molar-refractivity contribution in [2.75, 3.05) is 56.6 Å². The molecule has 0 radical (unpaired) electrons. The number of hydrogen-bond donors (Lipinski definition) is 1. The molecule has 1 N–H and O–H groups in total. The minimum atomic E-state index is -0.102. The van der Waals surface area contributed by atoms with Crippen LogP contribution in [0, 0.1) is 0 Å². The molecule has 0 spiro atoms. The summed E-state index contributed by atoms with van der Waals surface area (Å²) in [7, 11) is 4.08. The van der Waals surface area contributed by atoms with Gasteiger partial charge >= 0.3 is 0 Å². The second kappa shape index (κ2) is 10.7. The molecule has 0 bridgehead atoms. The van der Waals surface area contributed by atoms with Crippen LogP contribution in [-0.4, -0.2) is 57.6 Å². The third-order valence-corrected chi connectivity index (χ3v) is 6.45. The Hall–Kier alpha value is -3.02. The van der Waals surface area contributed by atoms with Crippen molar-refractivity contribution in [1.82, 2.24) is 10.2 Å². The number of nitrogens with one attached hydrogen (secondary N) is 1. The average Bonchev–Trinajstić information content (AvgIpc) is 2.85. The molecule has 1 amide bonds. The van der Waals surface area contributed by atoms with Crippen LogP contribution < -0.4 is 15.1 Å². The normalized spacial score (nSPS) is 15.2. The van der Waals surface area contributed by atoms with Crippen molar-refractivity contribution >= 4 is 28.9 Å². The Morgan fingerprint density at radius 3 is 2.27 bits per heavy atom. The number of rotatable bonds is 7. The molecular formula is C27H31ClN4O. The van der Waals surface area contributed by atoms with Crippen molar-refractivity contribution in [2.24, 2.45) is 0 Å². The number of nitrogens with zero attached hydrogens (tertiary/aromatic N) is 3. The van der Waals surface area contributed by atoms with Gasteiger partial charge in [-0.2, -0.15) is 0 Å². The van der Waals surface area contributed by atoms with Crippen LogP contribution in [0.3, 0.4) is 0 Å². The van der Waals surface area contributed by atoms with E-state index in [-0.39, 0.29) is 11.9 Å². The zero-order chi connectivity index (χ0) is 23.2.